The van der Waals surface area contributed by atoms with E-state index in [1.807, 2.05) is 24.3 Å². The number of methoxy groups -OCH3 is 1. The van der Waals surface area contributed by atoms with Gasteiger partial charge in [-0.1, -0.05) is 12.1 Å². The van der Waals surface area contributed by atoms with E-state index in [1.54, 1.807) is 19.2 Å². The number of rotatable bonds is 5. The van der Waals surface area contributed by atoms with Gasteiger partial charge in [-0.3, -0.25) is 9.59 Å². The van der Waals surface area contributed by atoms with Crippen molar-refractivity contribution < 1.29 is 14.3 Å². The highest BCUT2D eigenvalue weighted by Crippen LogP contribution is 2.17. The van der Waals surface area contributed by atoms with Crippen molar-refractivity contribution in [1.29, 1.82) is 0 Å². The number of carbonyl (C=O) groups excluding carboxylic acids is 2. The molecule has 4 nitrogen and oxygen atoms in total. The topological polar surface area (TPSA) is 55.4 Å². The average Bonchev–Trinajstić information content (AvgIpc) is 2.95. The van der Waals surface area contributed by atoms with Crippen molar-refractivity contribution in [2.45, 2.75) is 13.5 Å². The van der Waals surface area contributed by atoms with E-state index in [9.17, 15) is 9.59 Å². The number of ether oxygens (including phenoxy) is 1. The summed E-state index contributed by atoms with van der Waals surface area (Å²) in [6, 6.07) is 10.8. The lowest BCUT2D eigenvalue weighted by molar-refractivity contribution is 0.0954. The van der Waals surface area contributed by atoms with Crippen LogP contribution in [-0.2, 0) is 6.54 Å². The minimum absolute atomic E-state index is 0.0239. The maximum atomic E-state index is 11.9. The van der Waals surface area contributed by atoms with E-state index < -0.39 is 0 Å². The number of thiophene rings is 1. The monoisotopic (exact) mass is 289 g/mol. The molecular formula is C15H15NO3S. The molecule has 0 radical (unpaired) electrons. The highest BCUT2D eigenvalue weighted by atomic mass is 32.1. The van der Waals surface area contributed by atoms with Gasteiger partial charge in [0.25, 0.3) is 5.91 Å². The molecule has 0 spiro atoms. The first-order valence-electron chi connectivity index (χ1n) is 6.12. The number of hydrogen-bond donors (Lipinski definition) is 1. The van der Waals surface area contributed by atoms with Crippen LogP contribution in [0.4, 0.5) is 0 Å². The summed E-state index contributed by atoms with van der Waals surface area (Å²) >= 11 is 1.21. The molecule has 1 aromatic carbocycles. The zero-order valence-electron chi connectivity index (χ0n) is 11.3. The molecule has 20 heavy (non-hydrogen) atoms. The highest BCUT2D eigenvalue weighted by molar-refractivity contribution is 7.15. The Morgan fingerprint density at radius 3 is 2.30 bits per heavy atom. The van der Waals surface area contributed by atoms with Crippen LogP contribution in [0, 0.1) is 0 Å². The van der Waals surface area contributed by atoms with Gasteiger partial charge in [-0.15, -0.1) is 11.3 Å². The van der Waals surface area contributed by atoms with Crippen molar-refractivity contribution >= 4 is 23.0 Å². The number of benzene rings is 1. The Morgan fingerprint density at radius 1 is 1.10 bits per heavy atom. The smallest absolute Gasteiger partial charge is 0.261 e. The lowest BCUT2D eigenvalue weighted by Gasteiger charge is -2.05. The van der Waals surface area contributed by atoms with E-state index in [2.05, 4.69) is 5.32 Å². The highest BCUT2D eigenvalue weighted by Gasteiger charge is 2.10. The molecule has 0 bridgehead atoms. The molecule has 0 saturated heterocycles. The normalized spacial score (nSPS) is 10.1. The van der Waals surface area contributed by atoms with Crippen molar-refractivity contribution in [3.8, 4) is 5.75 Å². The van der Waals surface area contributed by atoms with Gasteiger partial charge >= 0.3 is 0 Å². The van der Waals surface area contributed by atoms with Crippen LogP contribution >= 0.6 is 11.3 Å². The minimum atomic E-state index is -0.168. The molecule has 2 rings (SSSR count). The lowest BCUT2D eigenvalue weighted by atomic mass is 10.2. The second-order valence-electron chi connectivity index (χ2n) is 4.25. The third-order valence-electron chi connectivity index (χ3n) is 2.79. The van der Waals surface area contributed by atoms with Gasteiger partial charge in [0.1, 0.15) is 5.75 Å². The maximum Gasteiger partial charge on any atom is 0.261 e. The SMILES string of the molecule is COc1ccc(CNC(=O)c2ccc(C(C)=O)s2)cc1. The Labute approximate surface area is 121 Å². The molecule has 0 unspecified atom stereocenters. The Hall–Kier alpha value is -2.14. The van der Waals surface area contributed by atoms with E-state index in [0.717, 1.165) is 11.3 Å². The molecule has 0 saturated carbocycles. The largest absolute Gasteiger partial charge is 0.497 e. The molecule has 2 aromatic rings. The van der Waals surface area contributed by atoms with Crippen molar-refractivity contribution in [3.05, 3.63) is 51.7 Å². The predicted octanol–water partition coefficient (Wildman–Crippen LogP) is 2.89. The van der Waals surface area contributed by atoms with Crippen LogP contribution in [0.2, 0.25) is 0 Å². The van der Waals surface area contributed by atoms with Crippen molar-refractivity contribution in [2.24, 2.45) is 0 Å². The van der Waals surface area contributed by atoms with Crippen LogP contribution < -0.4 is 10.1 Å². The summed E-state index contributed by atoms with van der Waals surface area (Å²) in [7, 11) is 1.61. The van der Waals surface area contributed by atoms with Gasteiger partial charge in [-0.25, -0.2) is 0 Å². The van der Waals surface area contributed by atoms with Gasteiger partial charge < -0.3 is 10.1 Å². The summed E-state index contributed by atoms with van der Waals surface area (Å²) in [5.74, 6) is 0.590. The van der Waals surface area contributed by atoms with E-state index in [0.29, 0.717) is 16.3 Å². The van der Waals surface area contributed by atoms with E-state index in [4.69, 9.17) is 4.74 Å². The number of amides is 1. The second kappa shape index (κ2) is 6.34. The van der Waals surface area contributed by atoms with Gasteiger partial charge in [0.15, 0.2) is 5.78 Å². The molecule has 0 aliphatic rings. The zero-order chi connectivity index (χ0) is 14.5. The van der Waals surface area contributed by atoms with Crippen molar-refractivity contribution in [1.82, 2.24) is 5.32 Å². The summed E-state index contributed by atoms with van der Waals surface area (Å²) < 4.78 is 5.07. The standard InChI is InChI=1S/C15H15NO3S/c1-10(17)13-7-8-14(20-13)15(18)16-9-11-3-5-12(19-2)6-4-11/h3-8H,9H2,1-2H3,(H,16,18). The lowest BCUT2D eigenvalue weighted by Crippen LogP contribution is -2.21. The fraction of sp³-hybridized carbons (Fsp3) is 0.200. The Bertz CT molecular complexity index is 616. The first-order valence-corrected chi connectivity index (χ1v) is 6.93. The van der Waals surface area contributed by atoms with Crippen LogP contribution in [0.1, 0.15) is 31.8 Å². The third-order valence-corrected chi connectivity index (χ3v) is 3.97. The molecule has 0 aliphatic carbocycles. The Balaban J connectivity index is 1.95. The third kappa shape index (κ3) is 3.45. The number of carbonyl (C=O) groups is 2. The molecule has 5 heteroatoms. The summed E-state index contributed by atoms with van der Waals surface area (Å²) in [5.41, 5.74) is 0.988. The molecule has 1 amide bonds. The summed E-state index contributed by atoms with van der Waals surface area (Å²) in [5, 5.41) is 2.82. The summed E-state index contributed by atoms with van der Waals surface area (Å²) in [4.78, 5) is 24.3. The quantitative estimate of drug-likeness (QED) is 0.861. The van der Waals surface area contributed by atoms with Crippen LogP contribution in [0.25, 0.3) is 0 Å². The van der Waals surface area contributed by atoms with Crippen LogP contribution in [0.5, 0.6) is 5.75 Å². The number of hydrogen-bond acceptors (Lipinski definition) is 4. The maximum absolute atomic E-state index is 11.9. The fourth-order valence-electron chi connectivity index (χ4n) is 1.66. The molecule has 1 aromatic heterocycles. The van der Waals surface area contributed by atoms with Gasteiger partial charge in [0.05, 0.1) is 16.9 Å². The van der Waals surface area contributed by atoms with E-state index >= 15 is 0 Å². The average molecular weight is 289 g/mol. The number of Topliss-reactive ketones (excluding diaryl/α,β-unsaturated/α-hetero) is 1. The van der Waals surface area contributed by atoms with Crippen LogP contribution in [0.3, 0.4) is 0 Å². The predicted molar refractivity (Wildman–Crippen MR) is 78.5 cm³/mol. The molecular weight excluding hydrogens is 274 g/mol. The van der Waals surface area contributed by atoms with Crippen molar-refractivity contribution in [2.75, 3.05) is 7.11 Å². The molecule has 1 heterocycles. The van der Waals surface area contributed by atoms with Gasteiger partial charge in [-0.2, -0.15) is 0 Å². The second-order valence-corrected chi connectivity index (χ2v) is 5.33. The summed E-state index contributed by atoms with van der Waals surface area (Å²) in [6.07, 6.45) is 0. The Morgan fingerprint density at radius 2 is 1.75 bits per heavy atom. The molecule has 1 N–H and O–H groups in total. The van der Waals surface area contributed by atoms with Gasteiger partial charge in [-0.05, 0) is 36.8 Å². The number of ketones is 1. The zero-order valence-corrected chi connectivity index (χ0v) is 12.1. The first kappa shape index (κ1) is 14.3. The van der Waals surface area contributed by atoms with Crippen LogP contribution in [-0.4, -0.2) is 18.8 Å². The molecule has 0 atom stereocenters. The van der Waals surface area contributed by atoms with Crippen LogP contribution in [0.15, 0.2) is 36.4 Å². The first-order chi connectivity index (χ1) is 9.60. The van der Waals surface area contributed by atoms with Gasteiger partial charge in [0.2, 0.25) is 0 Å². The van der Waals surface area contributed by atoms with Crippen molar-refractivity contribution in [3.63, 3.8) is 0 Å². The summed E-state index contributed by atoms with van der Waals surface area (Å²) in [6.45, 7) is 1.93. The molecule has 0 aliphatic heterocycles. The Kier molecular flexibility index (Phi) is 4.53. The molecule has 0 fully saturated rings. The molecule has 104 valence electrons. The fourth-order valence-corrected chi connectivity index (χ4v) is 2.48. The van der Waals surface area contributed by atoms with E-state index in [1.165, 1.54) is 18.3 Å². The van der Waals surface area contributed by atoms with E-state index in [-0.39, 0.29) is 11.7 Å². The minimum Gasteiger partial charge on any atom is -0.497 e. The van der Waals surface area contributed by atoms with Gasteiger partial charge in [0, 0.05) is 6.54 Å². The number of nitrogens with one attached hydrogen (secondary N) is 1.